The zero-order chi connectivity index (χ0) is 17.6. The number of aryl methyl sites for hydroxylation is 1. The van der Waals surface area contributed by atoms with E-state index in [1.165, 1.54) is 29.8 Å². The van der Waals surface area contributed by atoms with Crippen molar-refractivity contribution in [2.45, 2.75) is 64.5 Å². The Bertz CT molecular complexity index is 698. The van der Waals surface area contributed by atoms with Crippen molar-refractivity contribution in [1.82, 2.24) is 9.88 Å². The molecule has 0 unspecified atom stereocenters. The van der Waals surface area contributed by atoms with Gasteiger partial charge in [0, 0.05) is 29.8 Å². The number of amides is 2. The molecule has 4 bridgehead atoms. The smallest absolute Gasteiger partial charge is 0.344 e. The summed E-state index contributed by atoms with van der Waals surface area (Å²) in [5, 5.41) is 3.34. The fraction of sp³-hybridized carbons (Fsp3) is 0.789. The summed E-state index contributed by atoms with van der Waals surface area (Å²) in [6.45, 7) is 5.52. The molecule has 5 rings (SSSR count). The molecule has 5 nitrogen and oxygen atoms in total. The van der Waals surface area contributed by atoms with Gasteiger partial charge in [-0.05, 0) is 70.1 Å². The maximum atomic E-state index is 12.7. The standard InChI is InChI=1S/C19H29N3O2S/c1-12-13(2)25-18(22(12)4-5-24-3)20-17(23)21-19-9-14-6-15(10-19)8-16(7-14)11-19/h14-16H,4-11H2,1-3H3,(H,21,23). The molecule has 1 aromatic rings. The maximum Gasteiger partial charge on any atom is 0.344 e. The SMILES string of the molecule is COCCn1c(C)c(C)sc1=NC(=O)NC12CC3CC(CC(C3)C1)C2. The Kier molecular flexibility index (Phi) is 4.52. The van der Waals surface area contributed by atoms with Crippen LogP contribution < -0.4 is 10.1 Å². The third kappa shape index (κ3) is 3.31. The summed E-state index contributed by atoms with van der Waals surface area (Å²) < 4.78 is 7.30. The number of rotatable bonds is 4. The number of methoxy groups -OCH3 is 1. The predicted molar refractivity (Wildman–Crippen MR) is 98.7 cm³/mol. The van der Waals surface area contributed by atoms with Crippen molar-refractivity contribution in [3.63, 3.8) is 0 Å². The summed E-state index contributed by atoms with van der Waals surface area (Å²) in [7, 11) is 1.70. The van der Waals surface area contributed by atoms with E-state index < -0.39 is 0 Å². The minimum atomic E-state index is -0.158. The Hall–Kier alpha value is -1.14. The molecule has 0 radical (unpaired) electrons. The van der Waals surface area contributed by atoms with Crippen LogP contribution in [0.15, 0.2) is 4.99 Å². The molecule has 4 aliphatic rings. The predicted octanol–water partition coefficient (Wildman–Crippen LogP) is 3.39. The summed E-state index contributed by atoms with van der Waals surface area (Å²) >= 11 is 1.59. The van der Waals surface area contributed by atoms with Gasteiger partial charge in [0.2, 0.25) is 0 Å². The molecule has 0 aliphatic heterocycles. The maximum absolute atomic E-state index is 12.7. The highest BCUT2D eigenvalue weighted by atomic mass is 32.1. The van der Waals surface area contributed by atoms with E-state index in [9.17, 15) is 4.79 Å². The first-order valence-electron chi connectivity index (χ1n) is 9.50. The summed E-state index contributed by atoms with van der Waals surface area (Å²) in [5.74, 6) is 2.47. The van der Waals surface area contributed by atoms with E-state index in [4.69, 9.17) is 4.74 Å². The minimum absolute atomic E-state index is 0.0219. The average molecular weight is 364 g/mol. The summed E-state index contributed by atoms with van der Waals surface area (Å²) in [6, 6.07) is -0.158. The van der Waals surface area contributed by atoms with Gasteiger partial charge in [0.1, 0.15) is 0 Å². The fourth-order valence-electron chi connectivity index (χ4n) is 5.73. The van der Waals surface area contributed by atoms with E-state index in [-0.39, 0.29) is 11.6 Å². The number of thiazole rings is 1. The van der Waals surface area contributed by atoms with Crippen LogP contribution >= 0.6 is 11.3 Å². The normalized spacial score (nSPS) is 33.9. The van der Waals surface area contributed by atoms with Crippen LogP contribution in [0.1, 0.15) is 49.1 Å². The summed E-state index contributed by atoms with van der Waals surface area (Å²) in [5.41, 5.74) is 1.19. The lowest BCUT2D eigenvalue weighted by Gasteiger charge is -2.56. The second kappa shape index (κ2) is 6.54. The van der Waals surface area contributed by atoms with E-state index in [0.29, 0.717) is 6.61 Å². The van der Waals surface area contributed by atoms with Crippen LogP contribution in [-0.2, 0) is 11.3 Å². The lowest BCUT2D eigenvalue weighted by atomic mass is 9.53. The van der Waals surface area contributed by atoms with Crippen LogP contribution in [0.3, 0.4) is 0 Å². The van der Waals surface area contributed by atoms with Crippen LogP contribution in [0.4, 0.5) is 4.79 Å². The van der Waals surface area contributed by atoms with Gasteiger partial charge >= 0.3 is 6.03 Å². The largest absolute Gasteiger partial charge is 0.383 e. The molecule has 25 heavy (non-hydrogen) atoms. The number of carbonyl (C=O) groups is 1. The first-order valence-corrected chi connectivity index (χ1v) is 10.3. The van der Waals surface area contributed by atoms with E-state index in [0.717, 1.165) is 48.4 Å². The van der Waals surface area contributed by atoms with Gasteiger partial charge in [0.05, 0.1) is 6.61 Å². The number of nitrogens with one attached hydrogen (secondary N) is 1. The van der Waals surface area contributed by atoms with E-state index in [1.807, 2.05) is 0 Å². The highest BCUT2D eigenvalue weighted by Crippen LogP contribution is 2.55. The van der Waals surface area contributed by atoms with Crippen molar-refractivity contribution >= 4 is 17.4 Å². The van der Waals surface area contributed by atoms with Crippen molar-refractivity contribution in [3.8, 4) is 0 Å². The molecule has 0 saturated heterocycles. The van der Waals surface area contributed by atoms with Crippen molar-refractivity contribution in [3.05, 3.63) is 15.4 Å². The molecule has 1 N–H and O–H groups in total. The molecule has 1 heterocycles. The molecule has 4 fully saturated rings. The number of carbonyl (C=O) groups excluding carboxylic acids is 1. The Morgan fingerprint density at radius 3 is 2.40 bits per heavy atom. The van der Waals surface area contributed by atoms with Gasteiger partial charge in [0.15, 0.2) is 4.80 Å². The number of nitrogens with zero attached hydrogens (tertiary/aromatic N) is 2. The van der Waals surface area contributed by atoms with Gasteiger partial charge in [-0.25, -0.2) is 4.79 Å². The number of aromatic nitrogens is 1. The average Bonchev–Trinajstić information content (AvgIpc) is 2.77. The van der Waals surface area contributed by atoms with Gasteiger partial charge < -0.3 is 14.6 Å². The molecule has 138 valence electrons. The van der Waals surface area contributed by atoms with Crippen LogP contribution in [0.5, 0.6) is 0 Å². The van der Waals surface area contributed by atoms with Crippen LogP contribution in [0.2, 0.25) is 0 Å². The molecule has 1 aromatic heterocycles. The zero-order valence-corrected chi connectivity index (χ0v) is 16.3. The second-order valence-corrected chi connectivity index (χ2v) is 9.59. The zero-order valence-electron chi connectivity index (χ0n) is 15.5. The number of hydrogen-bond donors (Lipinski definition) is 1. The third-order valence-electron chi connectivity index (χ3n) is 6.52. The van der Waals surface area contributed by atoms with E-state index in [2.05, 4.69) is 28.7 Å². The molecule has 4 aliphatic carbocycles. The highest BCUT2D eigenvalue weighted by Gasteiger charge is 2.51. The van der Waals surface area contributed by atoms with Crippen molar-refractivity contribution in [2.75, 3.05) is 13.7 Å². The number of urea groups is 1. The van der Waals surface area contributed by atoms with E-state index in [1.54, 1.807) is 18.4 Å². The lowest BCUT2D eigenvalue weighted by molar-refractivity contribution is -0.0130. The topological polar surface area (TPSA) is 55.6 Å². The monoisotopic (exact) mass is 363 g/mol. The van der Waals surface area contributed by atoms with Gasteiger partial charge in [-0.15, -0.1) is 11.3 Å². The Morgan fingerprint density at radius 1 is 1.24 bits per heavy atom. The van der Waals surface area contributed by atoms with Gasteiger partial charge in [0.25, 0.3) is 0 Å². The molecular formula is C19H29N3O2S. The highest BCUT2D eigenvalue weighted by molar-refractivity contribution is 7.09. The first kappa shape index (κ1) is 17.3. The molecule has 6 heteroatoms. The molecule has 0 spiro atoms. The lowest BCUT2D eigenvalue weighted by Crippen LogP contribution is -2.59. The summed E-state index contributed by atoms with van der Waals surface area (Å²) in [6.07, 6.45) is 7.62. The molecular weight excluding hydrogens is 334 g/mol. The third-order valence-corrected chi connectivity index (χ3v) is 7.61. The van der Waals surface area contributed by atoms with Crippen molar-refractivity contribution < 1.29 is 9.53 Å². The molecule has 0 aromatic carbocycles. The fourth-order valence-corrected chi connectivity index (χ4v) is 6.73. The Labute approximate surface area is 153 Å². The Balaban J connectivity index is 1.54. The van der Waals surface area contributed by atoms with Crippen LogP contribution in [0, 0.1) is 31.6 Å². The summed E-state index contributed by atoms with van der Waals surface area (Å²) in [4.78, 5) is 19.2. The van der Waals surface area contributed by atoms with Gasteiger partial charge in [-0.2, -0.15) is 4.99 Å². The molecule has 2 amide bonds. The second-order valence-electron chi connectivity index (χ2n) is 8.41. The molecule has 4 saturated carbocycles. The first-order chi connectivity index (χ1) is 12.0. The van der Waals surface area contributed by atoms with Crippen LogP contribution in [0.25, 0.3) is 0 Å². The number of hydrogen-bond acceptors (Lipinski definition) is 3. The molecule has 0 atom stereocenters. The van der Waals surface area contributed by atoms with Crippen LogP contribution in [-0.4, -0.2) is 29.9 Å². The Morgan fingerprint density at radius 2 is 1.84 bits per heavy atom. The van der Waals surface area contributed by atoms with Gasteiger partial charge in [-0.1, -0.05) is 0 Å². The van der Waals surface area contributed by atoms with Gasteiger partial charge in [-0.3, -0.25) is 0 Å². The van der Waals surface area contributed by atoms with Crippen molar-refractivity contribution in [1.29, 1.82) is 0 Å². The van der Waals surface area contributed by atoms with E-state index >= 15 is 0 Å². The quantitative estimate of drug-likeness (QED) is 0.891. The van der Waals surface area contributed by atoms with Crippen molar-refractivity contribution in [2.24, 2.45) is 22.7 Å². The number of ether oxygens (including phenoxy) is 1. The minimum Gasteiger partial charge on any atom is -0.383 e.